The Kier molecular flexibility index (Phi) is 3.53. The zero-order chi connectivity index (χ0) is 14.2. The highest BCUT2D eigenvalue weighted by Gasteiger charge is 2.33. The van der Waals surface area contributed by atoms with Crippen LogP contribution in [0.15, 0.2) is 42.5 Å². The van der Waals surface area contributed by atoms with Crippen molar-refractivity contribution in [3.63, 3.8) is 0 Å². The molecular weight excluding hydrogens is 244 g/mol. The minimum atomic E-state index is 0.212. The van der Waals surface area contributed by atoms with Gasteiger partial charge in [0.2, 0.25) is 0 Å². The van der Waals surface area contributed by atoms with E-state index in [9.17, 15) is 0 Å². The Hall–Kier alpha value is -1.38. The number of piperazine rings is 1. The molecule has 0 bridgehead atoms. The van der Waals surface area contributed by atoms with E-state index in [0.29, 0.717) is 6.04 Å². The third kappa shape index (κ3) is 2.46. The predicted molar refractivity (Wildman–Crippen MR) is 86.0 cm³/mol. The van der Waals surface area contributed by atoms with E-state index in [0.717, 1.165) is 19.6 Å². The number of hydrogen-bond acceptors (Lipinski definition) is 2. The van der Waals surface area contributed by atoms with Gasteiger partial charge >= 0.3 is 0 Å². The van der Waals surface area contributed by atoms with Crippen molar-refractivity contribution < 1.29 is 0 Å². The second kappa shape index (κ2) is 5.19. The molecule has 0 aromatic heterocycles. The summed E-state index contributed by atoms with van der Waals surface area (Å²) in [5.74, 6) is 0. The first-order chi connectivity index (χ1) is 9.58. The molecule has 2 nitrogen and oxygen atoms in total. The molecule has 1 atom stereocenters. The van der Waals surface area contributed by atoms with E-state index in [-0.39, 0.29) is 5.54 Å². The smallest absolute Gasteiger partial charge is 0.0326 e. The Morgan fingerprint density at radius 3 is 2.60 bits per heavy atom. The lowest BCUT2D eigenvalue weighted by Crippen LogP contribution is -2.58. The van der Waals surface area contributed by atoms with Gasteiger partial charge in [0, 0.05) is 31.2 Å². The van der Waals surface area contributed by atoms with Gasteiger partial charge in [-0.05, 0) is 43.2 Å². The largest absolute Gasteiger partial charge is 0.314 e. The summed E-state index contributed by atoms with van der Waals surface area (Å²) < 4.78 is 0. The summed E-state index contributed by atoms with van der Waals surface area (Å²) in [4.78, 5) is 2.62. The van der Waals surface area contributed by atoms with Gasteiger partial charge in [0.15, 0.2) is 0 Å². The van der Waals surface area contributed by atoms with Crippen molar-refractivity contribution in [2.24, 2.45) is 0 Å². The summed E-state index contributed by atoms with van der Waals surface area (Å²) in [5.41, 5.74) is 1.63. The Morgan fingerprint density at radius 2 is 1.85 bits per heavy atom. The number of fused-ring (bicyclic) bond motifs is 1. The van der Waals surface area contributed by atoms with Gasteiger partial charge in [-0.2, -0.15) is 0 Å². The number of nitrogens with one attached hydrogen (secondary N) is 1. The first-order valence-electron chi connectivity index (χ1n) is 7.54. The Morgan fingerprint density at radius 1 is 1.10 bits per heavy atom. The normalized spacial score (nSPS) is 20.9. The Balaban J connectivity index is 1.93. The molecule has 0 saturated carbocycles. The SMILES string of the molecule is CC(c1ccc2ccccc2c1)N1CCNCC1(C)C. The quantitative estimate of drug-likeness (QED) is 0.895. The number of rotatable bonds is 2. The van der Waals surface area contributed by atoms with Crippen molar-refractivity contribution in [2.45, 2.75) is 32.4 Å². The third-order valence-electron chi connectivity index (χ3n) is 4.59. The summed E-state index contributed by atoms with van der Waals surface area (Å²) in [7, 11) is 0. The molecule has 0 aliphatic carbocycles. The predicted octanol–water partition coefficient (Wildman–Crippen LogP) is 3.58. The van der Waals surface area contributed by atoms with E-state index < -0.39 is 0 Å². The highest BCUT2D eigenvalue weighted by molar-refractivity contribution is 5.83. The minimum Gasteiger partial charge on any atom is -0.314 e. The monoisotopic (exact) mass is 268 g/mol. The number of nitrogens with zero attached hydrogens (tertiary/aromatic N) is 1. The molecule has 1 fully saturated rings. The van der Waals surface area contributed by atoms with Gasteiger partial charge in [-0.3, -0.25) is 4.90 Å². The highest BCUT2D eigenvalue weighted by atomic mass is 15.3. The van der Waals surface area contributed by atoms with Crippen LogP contribution in [0.25, 0.3) is 10.8 Å². The van der Waals surface area contributed by atoms with Crippen molar-refractivity contribution in [2.75, 3.05) is 19.6 Å². The van der Waals surface area contributed by atoms with Gasteiger partial charge in [-0.1, -0.05) is 36.4 Å². The molecule has 1 aliphatic heterocycles. The Labute approximate surface area is 121 Å². The lowest BCUT2D eigenvalue weighted by molar-refractivity contribution is 0.0517. The lowest BCUT2D eigenvalue weighted by atomic mass is 9.94. The van der Waals surface area contributed by atoms with Crippen LogP contribution in [0, 0.1) is 0 Å². The van der Waals surface area contributed by atoms with E-state index in [1.54, 1.807) is 0 Å². The molecule has 0 radical (unpaired) electrons. The maximum atomic E-state index is 3.50. The van der Waals surface area contributed by atoms with E-state index in [1.165, 1.54) is 16.3 Å². The zero-order valence-electron chi connectivity index (χ0n) is 12.7. The van der Waals surface area contributed by atoms with Crippen LogP contribution in [0.5, 0.6) is 0 Å². The summed E-state index contributed by atoms with van der Waals surface area (Å²) >= 11 is 0. The van der Waals surface area contributed by atoms with Crippen LogP contribution in [0.4, 0.5) is 0 Å². The molecule has 2 aromatic rings. The average molecular weight is 268 g/mol. The standard InChI is InChI=1S/C18H24N2/c1-14(20-11-10-19-13-18(20,2)3)16-9-8-15-6-4-5-7-17(15)12-16/h4-9,12,14,19H,10-11,13H2,1-3H3. The Bertz CT molecular complexity index is 603. The fraction of sp³-hybridized carbons (Fsp3) is 0.444. The summed E-state index contributed by atoms with van der Waals surface area (Å²) in [5, 5.41) is 6.16. The van der Waals surface area contributed by atoms with Crippen molar-refractivity contribution in [1.82, 2.24) is 10.2 Å². The molecular formula is C18H24N2. The molecule has 3 rings (SSSR count). The van der Waals surface area contributed by atoms with Crippen LogP contribution in [-0.2, 0) is 0 Å². The zero-order valence-corrected chi connectivity index (χ0v) is 12.7. The molecule has 1 saturated heterocycles. The van der Waals surface area contributed by atoms with Crippen molar-refractivity contribution in [1.29, 1.82) is 0 Å². The molecule has 2 aromatic carbocycles. The van der Waals surface area contributed by atoms with E-state index >= 15 is 0 Å². The second-order valence-electron chi connectivity index (χ2n) is 6.47. The molecule has 106 valence electrons. The van der Waals surface area contributed by atoms with Crippen LogP contribution >= 0.6 is 0 Å². The average Bonchev–Trinajstić information content (AvgIpc) is 2.45. The van der Waals surface area contributed by atoms with Crippen molar-refractivity contribution >= 4 is 10.8 Å². The van der Waals surface area contributed by atoms with Gasteiger partial charge in [-0.15, -0.1) is 0 Å². The molecule has 0 spiro atoms. The van der Waals surface area contributed by atoms with Gasteiger partial charge in [-0.25, -0.2) is 0 Å². The van der Waals surface area contributed by atoms with E-state index in [1.807, 2.05) is 0 Å². The topological polar surface area (TPSA) is 15.3 Å². The van der Waals surface area contributed by atoms with Crippen molar-refractivity contribution in [3.8, 4) is 0 Å². The van der Waals surface area contributed by atoms with Gasteiger partial charge in [0.05, 0.1) is 0 Å². The molecule has 1 N–H and O–H groups in total. The van der Waals surface area contributed by atoms with Gasteiger partial charge in [0.25, 0.3) is 0 Å². The number of benzene rings is 2. The molecule has 1 aliphatic rings. The second-order valence-corrected chi connectivity index (χ2v) is 6.47. The maximum absolute atomic E-state index is 3.50. The molecule has 0 amide bonds. The first kappa shape index (κ1) is 13.6. The fourth-order valence-corrected chi connectivity index (χ4v) is 3.36. The third-order valence-corrected chi connectivity index (χ3v) is 4.59. The summed E-state index contributed by atoms with van der Waals surface area (Å²) in [6.07, 6.45) is 0. The van der Waals surface area contributed by atoms with Crippen LogP contribution in [0.3, 0.4) is 0 Å². The fourth-order valence-electron chi connectivity index (χ4n) is 3.36. The first-order valence-corrected chi connectivity index (χ1v) is 7.54. The summed E-state index contributed by atoms with van der Waals surface area (Å²) in [6.45, 7) is 10.2. The number of hydrogen-bond donors (Lipinski definition) is 1. The van der Waals surface area contributed by atoms with Crippen LogP contribution in [0.1, 0.15) is 32.4 Å². The molecule has 1 unspecified atom stereocenters. The van der Waals surface area contributed by atoms with Crippen LogP contribution < -0.4 is 5.32 Å². The minimum absolute atomic E-state index is 0.212. The molecule has 20 heavy (non-hydrogen) atoms. The lowest BCUT2D eigenvalue weighted by Gasteiger charge is -2.46. The van der Waals surface area contributed by atoms with Crippen molar-refractivity contribution in [3.05, 3.63) is 48.0 Å². The van der Waals surface area contributed by atoms with Gasteiger partial charge in [0.1, 0.15) is 0 Å². The maximum Gasteiger partial charge on any atom is 0.0326 e. The van der Waals surface area contributed by atoms with Crippen LogP contribution in [-0.4, -0.2) is 30.1 Å². The van der Waals surface area contributed by atoms with E-state index in [4.69, 9.17) is 0 Å². The van der Waals surface area contributed by atoms with Crippen LogP contribution in [0.2, 0.25) is 0 Å². The van der Waals surface area contributed by atoms with Gasteiger partial charge < -0.3 is 5.32 Å². The summed E-state index contributed by atoms with van der Waals surface area (Å²) in [6, 6.07) is 15.9. The highest BCUT2D eigenvalue weighted by Crippen LogP contribution is 2.30. The molecule has 1 heterocycles. The van der Waals surface area contributed by atoms with E-state index in [2.05, 4.69) is 73.5 Å². The molecule has 2 heteroatoms.